The van der Waals surface area contributed by atoms with E-state index in [0.717, 1.165) is 22.9 Å². The third kappa shape index (κ3) is 5.22. The summed E-state index contributed by atoms with van der Waals surface area (Å²) >= 11 is 7.47. The van der Waals surface area contributed by atoms with E-state index in [-0.39, 0.29) is 11.9 Å². The molecule has 0 aliphatic rings. The Kier molecular flexibility index (Phi) is 6.42. The summed E-state index contributed by atoms with van der Waals surface area (Å²) in [7, 11) is 0. The summed E-state index contributed by atoms with van der Waals surface area (Å²) < 4.78 is 5.69. The number of nitrogens with zero attached hydrogens (tertiary/aromatic N) is 2. The first-order valence-electron chi connectivity index (χ1n) is 7.58. The van der Waals surface area contributed by atoms with Crippen molar-refractivity contribution in [2.45, 2.75) is 46.4 Å². The molecule has 4 nitrogen and oxygen atoms in total. The number of thiazole rings is 1. The fraction of sp³-hybridized carbons (Fsp3) is 0.412. The number of hydrogen-bond acceptors (Lipinski definition) is 4. The lowest BCUT2D eigenvalue weighted by molar-refractivity contribution is -0.131. The summed E-state index contributed by atoms with van der Waals surface area (Å²) in [5.74, 6) is 0.795. The first kappa shape index (κ1) is 17.8. The van der Waals surface area contributed by atoms with Crippen molar-refractivity contribution in [3.63, 3.8) is 0 Å². The Balaban J connectivity index is 1.96. The van der Waals surface area contributed by atoms with Gasteiger partial charge in [0, 0.05) is 23.4 Å². The van der Waals surface area contributed by atoms with Gasteiger partial charge in [-0.3, -0.25) is 4.79 Å². The fourth-order valence-electron chi connectivity index (χ4n) is 2.16. The van der Waals surface area contributed by atoms with Crippen LogP contribution in [0.3, 0.4) is 0 Å². The van der Waals surface area contributed by atoms with Crippen LogP contribution in [0, 0.1) is 0 Å². The number of ether oxygens (including phenoxy) is 1. The molecule has 6 heteroatoms. The number of rotatable bonds is 7. The Morgan fingerprint density at radius 1 is 1.48 bits per heavy atom. The maximum atomic E-state index is 11.8. The van der Waals surface area contributed by atoms with E-state index in [1.807, 2.05) is 22.4 Å². The predicted molar refractivity (Wildman–Crippen MR) is 93.9 cm³/mol. The molecule has 0 saturated carbocycles. The normalized spacial score (nSPS) is 12.0. The Morgan fingerprint density at radius 2 is 2.26 bits per heavy atom. The molecule has 124 valence electrons. The molecule has 0 aliphatic carbocycles. The van der Waals surface area contributed by atoms with E-state index in [4.69, 9.17) is 16.3 Å². The third-order valence-electron chi connectivity index (χ3n) is 3.62. The lowest BCUT2D eigenvalue weighted by Crippen LogP contribution is -2.36. The average Bonchev–Trinajstić information content (AvgIpc) is 2.97. The third-order valence-corrected chi connectivity index (χ3v) is 4.72. The number of aromatic nitrogens is 1. The number of carbonyl (C=O) groups excluding carboxylic acids is 1. The SMILES string of the molecule is CC[C@H](C)N(Cc1csc(COc2cccc(Cl)c2)n1)C(C)=O. The second kappa shape index (κ2) is 8.31. The van der Waals surface area contributed by atoms with Crippen molar-refractivity contribution in [2.75, 3.05) is 0 Å². The van der Waals surface area contributed by atoms with Crippen LogP contribution < -0.4 is 4.74 Å². The molecular weight excluding hydrogens is 332 g/mol. The maximum Gasteiger partial charge on any atom is 0.220 e. The van der Waals surface area contributed by atoms with E-state index in [9.17, 15) is 4.79 Å². The molecule has 0 fully saturated rings. The van der Waals surface area contributed by atoms with Crippen LogP contribution in [0.4, 0.5) is 0 Å². The van der Waals surface area contributed by atoms with Gasteiger partial charge in [-0.25, -0.2) is 4.98 Å². The van der Waals surface area contributed by atoms with Gasteiger partial charge in [0.05, 0.1) is 12.2 Å². The minimum Gasteiger partial charge on any atom is -0.486 e. The van der Waals surface area contributed by atoms with Gasteiger partial charge in [-0.15, -0.1) is 11.3 Å². The highest BCUT2D eigenvalue weighted by molar-refractivity contribution is 7.09. The van der Waals surface area contributed by atoms with Gasteiger partial charge in [0.15, 0.2) is 0 Å². The summed E-state index contributed by atoms with van der Waals surface area (Å²) in [6.07, 6.45) is 0.925. The van der Waals surface area contributed by atoms with Crippen molar-refractivity contribution in [3.8, 4) is 5.75 Å². The summed E-state index contributed by atoms with van der Waals surface area (Å²) in [5.41, 5.74) is 0.898. The quantitative estimate of drug-likeness (QED) is 0.735. The molecule has 1 aromatic carbocycles. The van der Waals surface area contributed by atoms with E-state index < -0.39 is 0 Å². The number of amides is 1. The van der Waals surface area contributed by atoms with E-state index >= 15 is 0 Å². The summed E-state index contributed by atoms with van der Waals surface area (Å²) in [6, 6.07) is 7.50. The molecule has 1 amide bonds. The molecule has 1 heterocycles. The number of hydrogen-bond donors (Lipinski definition) is 0. The van der Waals surface area contributed by atoms with Crippen molar-refractivity contribution < 1.29 is 9.53 Å². The van der Waals surface area contributed by atoms with Crippen molar-refractivity contribution in [2.24, 2.45) is 0 Å². The minimum atomic E-state index is 0.0732. The molecule has 0 unspecified atom stereocenters. The molecule has 1 atom stereocenters. The standard InChI is InChI=1S/C17H21ClN2O2S/c1-4-12(2)20(13(3)21)9-15-11-23-17(19-15)10-22-16-7-5-6-14(18)8-16/h5-8,11-12H,4,9-10H2,1-3H3/t12-/m0/s1. The van der Waals surface area contributed by atoms with Crippen LogP contribution in [0.15, 0.2) is 29.6 Å². The largest absolute Gasteiger partial charge is 0.486 e. The zero-order valence-corrected chi connectivity index (χ0v) is 15.2. The van der Waals surface area contributed by atoms with Crippen LogP contribution in [-0.4, -0.2) is 21.8 Å². The Hall–Kier alpha value is -1.59. The van der Waals surface area contributed by atoms with Gasteiger partial charge >= 0.3 is 0 Å². The van der Waals surface area contributed by atoms with Gasteiger partial charge in [0.1, 0.15) is 17.4 Å². The molecule has 2 rings (SSSR count). The Morgan fingerprint density at radius 3 is 2.91 bits per heavy atom. The molecule has 1 aromatic heterocycles. The predicted octanol–water partition coefficient (Wildman–Crippen LogP) is 4.52. The second-order valence-electron chi connectivity index (χ2n) is 5.38. The fourth-order valence-corrected chi connectivity index (χ4v) is 3.04. The highest BCUT2D eigenvalue weighted by Crippen LogP contribution is 2.20. The van der Waals surface area contributed by atoms with Crippen LogP contribution in [0.1, 0.15) is 37.9 Å². The average molecular weight is 353 g/mol. The van der Waals surface area contributed by atoms with Crippen LogP contribution in [0.25, 0.3) is 0 Å². The first-order valence-corrected chi connectivity index (χ1v) is 8.84. The minimum absolute atomic E-state index is 0.0732. The van der Waals surface area contributed by atoms with E-state index in [0.29, 0.717) is 18.2 Å². The summed E-state index contributed by atoms with van der Waals surface area (Å²) in [4.78, 5) is 18.2. The van der Waals surface area contributed by atoms with E-state index in [1.165, 1.54) is 11.3 Å². The highest BCUT2D eigenvalue weighted by Gasteiger charge is 2.17. The highest BCUT2D eigenvalue weighted by atomic mass is 35.5. The molecule has 2 aromatic rings. The zero-order chi connectivity index (χ0) is 16.8. The van der Waals surface area contributed by atoms with Gasteiger partial charge in [-0.2, -0.15) is 0 Å². The molecule has 0 N–H and O–H groups in total. The second-order valence-corrected chi connectivity index (χ2v) is 6.76. The molecular formula is C17H21ClN2O2S. The molecule has 0 saturated heterocycles. The Bertz CT molecular complexity index is 660. The number of halogens is 1. The van der Waals surface area contributed by atoms with Gasteiger partial charge < -0.3 is 9.64 Å². The molecule has 23 heavy (non-hydrogen) atoms. The van der Waals surface area contributed by atoms with Crippen LogP contribution in [0.2, 0.25) is 5.02 Å². The van der Waals surface area contributed by atoms with Crippen LogP contribution in [-0.2, 0) is 17.9 Å². The Labute approximate surface area is 146 Å². The van der Waals surface area contributed by atoms with Gasteiger partial charge in [-0.1, -0.05) is 24.6 Å². The van der Waals surface area contributed by atoms with Gasteiger partial charge in [-0.05, 0) is 31.5 Å². The summed E-state index contributed by atoms with van der Waals surface area (Å²) in [6.45, 7) is 6.66. The molecule has 0 aliphatic heterocycles. The van der Waals surface area contributed by atoms with Gasteiger partial charge in [0.2, 0.25) is 5.91 Å². The van der Waals surface area contributed by atoms with Crippen molar-refractivity contribution in [1.29, 1.82) is 0 Å². The van der Waals surface area contributed by atoms with E-state index in [2.05, 4.69) is 18.8 Å². The van der Waals surface area contributed by atoms with Crippen molar-refractivity contribution in [1.82, 2.24) is 9.88 Å². The smallest absolute Gasteiger partial charge is 0.220 e. The monoisotopic (exact) mass is 352 g/mol. The van der Waals surface area contributed by atoms with Gasteiger partial charge in [0.25, 0.3) is 0 Å². The molecule has 0 radical (unpaired) electrons. The number of benzene rings is 1. The lowest BCUT2D eigenvalue weighted by atomic mass is 10.2. The van der Waals surface area contributed by atoms with Crippen LogP contribution in [0.5, 0.6) is 5.75 Å². The zero-order valence-electron chi connectivity index (χ0n) is 13.6. The first-order chi connectivity index (χ1) is 11.0. The molecule has 0 bridgehead atoms. The van der Waals surface area contributed by atoms with Crippen LogP contribution >= 0.6 is 22.9 Å². The summed E-state index contributed by atoms with van der Waals surface area (Å²) in [5, 5.41) is 3.51. The lowest BCUT2D eigenvalue weighted by Gasteiger charge is -2.26. The van der Waals surface area contributed by atoms with Crippen molar-refractivity contribution in [3.05, 3.63) is 45.4 Å². The van der Waals surface area contributed by atoms with E-state index in [1.54, 1.807) is 19.1 Å². The number of carbonyl (C=O) groups is 1. The van der Waals surface area contributed by atoms with Crippen molar-refractivity contribution >= 4 is 28.8 Å². The molecule has 0 spiro atoms. The maximum absolute atomic E-state index is 11.8. The topological polar surface area (TPSA) is 42.4 Å².